The van der Waals surface area contributed by atoms with Gasteiger partial charge in [-0.1, -0.05) is 24.3 Å². The number of aromatic nitrogens is 1. The number of nitriles is 1. The fourth-order valence-electron chi connectivity index (χ4n) is 2.90. The minimum Gasteiger partial charge on any atom is -0.378 e. The lowest BCUT2D eigenvalue weighted by atomic mass is 10.1. The Morgan fingerprint density at radius 2 is 1.88 bits per heavy atom. The van der Waals surface area contributed by atoms with E-state index in [0.717, 1.165) is 47.1 Å². The van der Waals surface area contributed by atoms with Crippen LogP contribution in [0.1, 0.15) is 10.6 Å². The van der Waals surface area contributed by atoms with Crippen LogP contribution in [0.15, 0.2) is 48.5 Å². The van der Waals surface area contributed by atoms with E-state index in [9.17, 15) is 5.26 Å². The molecule has 1 aliphatic rings. The summed E-state index contributed by atoms with van der Waals surface area (Å²) in [5.74, 6) is 0. The quantitative estimate of drug-likeness (QED) is 0.666. The number of para-hydroxylation sites is 1. The summed E-state index contributed by atoms with van der Waals surface area (Å²) in [6.07, 6.45) is 1.90. The average molecular weight is 347 g/mol. The third-order valence-electron chi connectivity index (χ3n) is 4.23. The van der Waals surface area contributed by atoms with Crippen molar-refractivity contribution in [3.63, 3.8) is 0 Å². The van der Waals surface area contributed by atoms with Gasteiger partial charge in [0.15, 0.2) is 0 Å². The second-order valence-electron chi connectivity index (χ2n) is 5.85. The third kappa shape index (κ3) is 3.41. The van der Waals surface area contributed by atoms with Gasteiger partial charge in [-0.25, -0.2) is 4.98 Å². The number of anilines is 1. The minimum absolute atomic E-state index is 0.598. The molecule has 4 rings (SSSR count). The number of nitrogens with zero attached hydrogens (tertiary/aromatic N) is 3. The van der Waals surface area contributed by atoms with E-state index >= 15 is 0 Å². The maximum absolute atomic E-state index is 9.55. The van der Waals surface area contributed by atoms with Crippen molar-refractivity contribution >= 4 is 38.9 Å². The average Bonchev–Trinajstić information content (AvgIpc) is 3.11. The molecule has 0 atom stereocenters. The van der Waals surface area contributed by atoms with Gasteiger partial charge in [0.05, 0.1) is 29.0 Å². The molecule has 25 heavy (non-hydrogen) atoms. The Balaban J connectivity index is 1.60. The summed E-state index contributed by atoms with van der Waals surface area (Å²) in [7, 11) is 0. The van der Waals surface area contributed by atoms with Gasteiger partial charge in [0, 0.05) is 18.8 Å². The molecule has 0 N–H and O–H groups in total. The lowest BCUT2D eigenvalue weighted by Gasteiger charge is -2.28. The van der Waals surface area contributed by atoms with Crippen molar-refractivity contribution in [1.82, 2.24) is 4.98 Å². The Kier molecular flexibility index (Phi) is 4.47. The first-order valence-corrected chi connectivity index (χ1v) is 9.06. The molecule has 1 aliphatic heterocycles. The first-order valence-electron chi connectivity index (χ1n) is 8.24. The van der Waals surface area contributed by atoms with Crippen molar-refractivity contribution in [1.29, 1.82) is 5.26 Å². The second kappa shape index (κ2) is 7.06. The highest BCUT2D eigenvalue weighted by molar-refractivity contribution is 7.19. The highest BCUT2D eigenvalue weighted by atomic mass is 32.1. The van der Waals surface area contributed by atoms with Crippen molar-refractivity contribution in [3.05, 3.63) is 59.1 Å². The largest absolute Gasteiger partial charge is 0.378 e. The van der Waals surface area contributed by atoms with Crippen LogP contribution in [-0.2, 0) is 4.74 Å². The maximum atomic E-state index is 9.55. The number of benzene rings is 2. The van der Waals surface area contributed by atoms with Crippen LogP contribution < -0.4 is 4.90 Å². The van der Waals surface area contributed by atoms with Gasteiger partial charge in [0.1, 0.15) is 11.1 Å². The van der Waals surface area contributed by atoms with Crippen LogP contribution in [0.5, 0.6) is 0 Å². The van der Waals surface area contributed by atoms with Gasteiger partial charge in [0.2, 0.25) is 0 Å². The lowest BCUT2D eigenvalue weighted by Crippen LogP contribution is -2.36. The van der Waals surface area contributed by atoms with E-state index in [1.54, 1.807) is 11.3 Å². The first kappa shape index (κ1) is 15.8. The molecule has 1 fully saturated rings. The standard InChI is InChI=1S/C20H17N3OS/c21-14-16(20-22-18-3-1-2-4-19(18)25-20)13-15-5-7-17(8-6-15)23-9-11-24-12-10-23/h1-8,13H,9-12H2/b16-13+. The van der Waals surface area contributed by atoms with E-state index in [-0.39, 0.29) is 0 Å². The predicted octanol–water partition coefficient (Wildman–Crippen LogP) is 4.20. The van der Waals surface area contributed by atoms with Crippen LogP contribution in [0.3, 0.4) is 0 Å². The number of morpholine rings is 1. The van der Waals surface area contributed by atoms with Crippen molar-refractivity contribution in [2.24, 2.45) is 0 Å². The molecular formula is C20H17N3OS. The molecule has 2 aromatic carbocycles. The summed E-state index contributed by atoms with van der Waals surface area (Å²) in [6.45, 7) is 3.39. The van der Waals surface area contributed by atoms with Gasteiger partial charge in [-0.2, -0.15) is 5.26 Å². The summed E-state index contributed by atoms with van der Waals surface area (Å²) in [6, 6.07) is 18.6. The minimum atomic E-state index is 0.598. The summed E-state index contributed by atoms with van der Waals surface area (Å²) >= 11 is 1.55. The molecule has 0 saturated carbocycles. The van der Waals surface area contributed by atoms with Crippen LogP contribution in [0.25, 0.3) is 21.9 Å². The molecule has 0 bridgehead atoms. The molecule has 0 amide bonds. The molecule has 2 heterocycles. The number of hydrogen-bond donors (Lipinski definition) is 0. The molecule has 1 aromatic heterocycles. The van der Waals surface area contributed by atoms with E-state index in [2.05, 4.69) is 40.2 Å². The number of hydrogen-bond acceptors (Lipinski definition) is 5. The first-order chi connectivity index (χ1) is 12.3. The fourth-order valence-corrected chi connectivity index (χ4v) is 3.83. The normalized spacial score (nSPS) is 15.3. The van der Waals surface area contributed by atoms with E-state index in [1.165, 1.54) is 5.69 Å². The van der Waals surface area contributed by atoms with E-state index in [0.29, 0.717) is 5.57 Å². The number of ether oxygens (including phenoxy) is 1. The van der Waals surface area contributed by atoms with Crippen LogP contribution in [-0.4, -0.2) is 31.3 Å². The molecule has 3 aromatic rings. The highest BCUT2D eigenvalue weighted by Gasteiger charge is 2.11. The van der Waals surface area contributed by atoms with Crippen LogP contribution >= 0.6 is 11.3 Å². The Hall–Kier alpha value is -2.68. The smallest absolute Gasteiger partial charge is 0.135 e. The molecule has 124 valence electrons. The topological polar surface area (TPSA) is 49.2 Å². The molecule has 0 unspecified atom stereocenters. The van der Waals surface area contributed by atoms with Gasteiger partial charge < -0.3 is 9.64 Å². The van der Waals surface area contributed by atoms with Gasteiger partial charge in [0.25, 0.3) is 0 Å². The van der Waals surface area contributed by atoms with E-state index in [4.69, 9.17) is 4.74 Å². The van der Waals surface area contributed by atoms with Crippen molar-refractivity contribution in [2.75, 3.05) is 31.2 Å². The van der Waals surface area contributed by atoms with Gasteiger partial charge in [-0.05, 0) is 35.9 Å². The summed E-state index contributed by atoms with van der Waals surface area (Å²) in [4.78, 5) is 6.89. The van der Waals surface area contributed by atoms with Crippen LogP contribution in [0.2, 0.25) is 0 Å². The molecule has 0 spiro atoms. The molecule has 4 nitrogen and oxygen atoms in total. The van der Waals surface area contributed by atoms with Crippen molar-refractivity contribution in [3.8, 4) is 6.07 Å². The van der Waals surface area contributed by atoms with Crippen LogP contribution in [0, 0.1) is 11.3 Å². The molecule has 0 radical (unpaired) electrons. The van der Waals surface area contributed by atoms with Gasteiger partial charge >= 0.3 is 0 Å². The summed E-state index contributed by atoms with van der Waals surface area (Å²) < 4.78 is 6.49. The second-order valence-corrected chi connectivity index (χ2v) is 6.88. The number of allylic oxidation sites excluding steroid dienone is 1. The Morgan fingerprint density at radius 3 is 2.60 bits per heavy atom. The fraction of sp³-hybridized carbons (Fsp3) is 0.200. The predicted molar refractivity (Wildman–Crippen MR) is 103 cm³/mol. The zero-order valence-corrected chi connectivity index (χ0v) is 14.5. The highest BCUT2D eigenvalue weighted by Crippen LogP contribution is 2.28. The number of rotatable bonds is 3. The SMILES string of the molecule is N#C/C(=C\c1ccc(N2CCOCC2)cc1)c1nc2ccccc2s1. The molecule has 1 saturated heterocycles. The maximum Gasteiger partial charge on any atom is 0.135 e. The third-order valence-corrected chi connectivity index (χ3v) is 5.29. The van der Waals surface area contributed by atoms with E-state index in [1.807, 2.05) is 30.3 Å². The number of fused-ring (bicyclic) bond motifs is 1. The Bertz CT molecular complexity index is 914. The summed E-state index contributed by atoms with van der Waals surface area (Å²) in [5, 5.41) is 10.3. The van der Waals surface area contributed by atoms with Gasteiger partial charge in [-0.3, -0.25) is 0 Å². The van der Waals surface area contributed by atoms with Crippen molar-refractivity contribution in [2.45, 2.75) is 0 Å². The van der Waals surface area contributed by atoms with Crippen LogP contribution in [0.4, 0.5) is 5.69 Å². The molecule has 0 aliphatic carbocycles. The zero-order valence-electron chi connectivity index (χ0n) is 13.7. The van der Waals surface area contributed by atoms with Crippen molar-refractivity contribution < 1.29 is 4.74 Å². The lowest BCUT2D eigenvalue weighted by molar-refractivity contribution is 0.122. The summed E-state index contributed by atoms with van der Waals surface area (Å²) in [5.41, 5.74) is 3.73. The van der Waals surface area contributed by atoms with E-state index < -0.39 is 0 Å². The number of thiazole rings is 1. The Morgan fingerprint density at radius 1 is 1.12 bits per heavy atom. The Labute approximate surface area is 150 Å². The molecule has 5 heteroatoms. The monoisotopic (exact) mass is 347 g/mol. The molecular weight excluding hydrogens is 330 g/mol. The zero-order chi connectivity index (χ0) is 17.1. The van der Waals surface area contributed by atoms with Gasteiger partial charge in [-0.15, -0.1) is 11.3 Å².